The standard InChI is InChI=1S/C7H10N2O2/c1-3-9-6(10)4-5-8(2)7(9)11/h4-5H,3H2,1-2H3. The van der Waals surface area contributed by atoms with Crippen molar-refractivity contribution in [2.45, 2.75) is 13.5 Å². The van der Waals surface area contributed by atoms with E-state index in [1.165, 1.54) is 21.4 Å². The third-order valence-electron chi connectivity index (χ3n) is 1.56. The van der Waals surface area contributed by atoms with Crippen LogP contribution in [0.2, 0.25) is 0 Å². The summed E-state index contributed by atoms with van der Waals surface area (Å²) in [6.07, 6.45) is 1.47. The molecular weight excluding hydrogens is 144 g/mol. The molecular formula is C7H10N2O2. The molecule has 0 atom stereocenters. The summed E-state index contributed by atoms with van der Waals surface area (Å²) >= 11 is 0. The lowest BCUT2D eigenvalue weighted by atomic mass is 10.6. The maximum absolute atomic E-state index is 11.1. The fraction of sp³-hybridized carbons (Fsp3) is 0.429. The third-order valence-corrected chi connectivity index (χ3v) is 1.56. The van der Waals surface area contributed by atoms with Crippen molar-refractivity contribution in [3.8, 4) is 0 Å². The van der Waals surface area contributed by atoms with Crippen LogP contribution in [-0.4, -0.2) is 9.13 Å². The Hall–Kier alpha value is -1.32. The van der Waals surface area contributed by atoms with Gasteiger partial charge in [0.2, 0.25) is 0 Å². The molecule has 0 fully saturated rings. The van der Waals surface area contributed by atoms with Gasteiger partial charge in [-0.25, -0.2) is 4.79 Å². The molecule has 0 aliphatic rings. The van der Waals surface area contributed by atoms with Crippen LogP contribution in [0.5, 0.6) is 0 Å². The lowest BCUT2D eigenvalue weighted by Gasteiger charge is -2.01. The second kappa shape index (κ2) is 2.74. The largest absolute Gasteiger partial charge is 0.330 e. The summed E-state index contributed by atoms with van der Waals surface area (Å²) in [5.74, 6) is 0. The fourth-order valence-corrected chi connectivity index (χ4v) is 0.905. The molecule has 1 heterocycles. The van der Waals surface area contributed by atoms with Gasteiger partial charge in [0.25, 0.3) is 5.56 Å². The van der Waals surface area contributed by atoms with Gasteiger partial charge in [-0.3, -0.25) is 9.36 Å². The molecule has 0 saturated heterocycles. The van der Waals surface area contributed by atoms with E-state index in [1.54, 1.807) is 14.0 Å². The molecule has 0 amide bonds. The molecule has 1 aromatic heterocycles. The molecule has 0 N–H and O–H groups in total. The topological polar surface area (TPSA) is 44.0 Å². The first kappa shape index (κ1) is 7.78. The van der Waals surface area contributed by atoms with E-state index in [9.17, 15) is 9.59 Å². The van der Waals surface area contributed by atoms with E-state index in [1.807, 2.05) is 0 Å². The Bertz CT molecular complexity index is 361. The van der Waals surface area contributed by atoms with E-state index in [0.29, 0.717) is 6.54 Å². The first-order valence-electron chi connectivity index (χ1n) is 3.43. The van der Waals surface area contributed by atoms with Gasteiger partial charge in [-0.1, -0.05) is 0 Å². The van der Waals surface area contributed by atoms with Gasteiger partial charge in [0.1, 0.15) is 0 Å². The van der Waals surface area contributed by atoms with E-state index in [4.69, 9.17) is 0 Å². The Morgan fingerprint density at radius 3 is 2.55 bits per heavy atom. The maximum Gasteiger partial charge on any atom is 0.330 e. The minimum Gasteiger partial charge on any atom is -0.303 e. The van der Waals surface area contributed by atoms with Gasteiger partial charge in [0.05, 0.1) is 0 Å². The summed E-state index contributed by atoms with van der Waals surface area (Å²) in [6.45, 7) is 2.19. The van der Waals surface area contributed by atoms with Crippen LogP contribution in [0, 0.1) is 0 Å². The van der Waals surface area contributed by atoms with Crippen LogP contribution in [-0.2, 0) is 13.6 Å². The molecule has 0 bridgehead atoms. The highest BCUT2D eigenvalue weighted by Crippen LogP contribution is 1.71. The summed E-state index contributed by atoms with van der Waals surface area (Å²) in [5.41, 5.74) is -0.504. The van der Waals surface area contributed by atoms with Gasteiger partial charge in [-0.15, -0.1) is 0 Å². The predicted octanol–water partition coefficient (Wildman–Crippen LogP) is -0.433. The quantitative estimate of drug-likeness (QED) is 0.550. The number of aryl methyl sites for hydroxylation is 1. The molecule has 1 rings (SSSR count). The average Bonchev–Trinajstić information content (AvgIpc) is 1.99. The molecule has 4 nitrogen and oxygen atoms in total. The molecule has 0 radical (unpaired) electrons. The van der Waals surface area contributed by atoms with Crippen molar-refractivity contribution in [2.24, 2.45) is 7.05 Å². The first-order valence-corrected chi connectivity index (χ1v) is 3.43. The molecule has 0 aliphatic heterocycles. The Balaban J connectivity index is 3.55. The smallest absolute Gasteiger partial charge is 0.303 e. The van der Waals surface area contributed by atoms with Gasteiger partial charge in [0, 0.05) is 25.9 Å². The van der Waals surface area contributed by atoms with E-state index < -0.39 is 0 Å². The van der Waals surface area contributed by atoms with Gasteiger partial charge in [-0.05, 0) is 6.92 Å². The number of hydrogen-bond donors (Lipinski definition) is 0. The number of nitrogens with zero attached hydrogens (tertiary/aromatic N) is 2. The highest BCUT2D eigenvalue weighted by molar-refractivity contribution is 4.84. The summed E-state index contributed by atoms with van der Waals surface area (Å²) < 4.78 is 2.56. The first-order chi connectivity index (χ1) is 5.16. The van der Waals surface area contributed by atoms with Crippen molar-refractivity contribution >= 4 is 0 Å². The lowest BCUT2D eigenvalue weighted by Crippen LogP contribution is -2.37. The number of aromatic nitrogens is 2. The summed E-state index contributed by atoms with van der Waals surface area (Å²) in [5, 5.41) is 0. The van der Waals surface area contributed by atoms with Crippen molar-refractivity contribution in [3.05, 3.63) is 33.1 Å². The SMILES string of the molecule is CCn1c(=O)ccn(C)c1=O. The van der Waals surface area contributed by atoms with Crippen molar-refractivity contribution in [1.82, 2.24) is 9.13 Å². The lowest BCUT2D eigenvalue weighted by molar-refractivity contribution is 0.621. The minimum absolute atomic E-state index is 0.240. The van der Waals surface area contributed by atoms with Crippen LogP contribution in [0.25, 0.3) is 0 Å². The zero-order valence-electron chi connectivity index (χ0n) is 6.57. The van der Waals surface area contributed by atoms with Crippen LogP contribution in [0.4, 0.5) is 0 Å². The van der Waals surface area contributed by atoms with Crippen molar-refractivity contribution in [2.75, 3.05) is 0 Å². The summed E-state index contributed by atoms with van der Waals surface area (Å²) in [7, 11) is 1.62. The van der Waals surface area contributed by atoms with Crippen LogP contribution < -0.4 is 11.2 Å². The van der Waals surface area contributed by atoms with Gasteiger partial charge in [-0.2, -0.15) is 0 Å². The molecule has 0 spiro atoms. The van der Waals surface area contributed by atoms with E-state index in [-0.39, 0.29) is 11.2 Å². The molecule has 1 aromatic rings. The highest BCUT2D eigenvalue weighted by Gasteiger charge is 1.97. The van der Waals surface area contributed by atoms with E-state index in [0.717, 1.165) is 0 Å². The minimum atomic E-state index is -0.264. The molecule has 60 valence electrons. The zero-order valence-corrected chi connectivity index (χ0v) is 6.57. The second-order valence-corrected chi connectivity index (χ2v) is 2.29. The molecule has 0 aromatic carbocycles. The zero-order chi connectivity index (χ0) is 8.43. The molecule has 4 heteroatoms. The molecule has 0 aliphatic carbocycles. The van der Waals surface area contributed by atoms with Gasteiger partial charge >= 0.3 is 5.69 Å². The second-order valence-electron chi connectivity index (χ2n) is 2.29. The van der Waals surface area contributed by atoms with Crippen molar-refractivity contribution in [1.29, 1.82) is 0 Å². The monoisotopic (exact) mass is 154 g/mol. The van der Waals surface area contributed by atoms with Crippen molar-refractivity contribution < 1.29 is 0 Å². The Labute approximate surface area is 63.7 Å². The Morgan fingerprint density at radius 2 is 2.09 bits per heavy atom. The van der Waals surface area contributed by atoms with Crippen LogP contribution in [0.3, 0.4) is 0 Å². The Morgan fingerprint density at radius 1 is 1.45 bits per heavy atom. The molecule has 11 heavy (non-hydrogen) atoms. The predicted molar refractivity (Wildman–Crippen MR) is 41.6 cm³/mol. The summed E-state index contributed by atoms with van der Waals surface area (Å²) in [4.78, 5) is 22.1. The van der Waals surface area contributed by atoms with Gasteiger partial charge in [0.15, 0.2) is 0 Å². The Kier molecular flexibility index (Phi) is 1.94. The number of hydrogen-bond acceptors (Lipinski definition) is 2. The van der Waals surface area contributed by atoms with Crippen LogP contribution >= 0.6 is 0 Å². The fourth-order valence-electron chi connectivity index (χ4n) is 0.905. The van der Waals surface area contributed by atoms with Crippen molar-refractivity contribution in [3.63, 3.8) is 0 Å². The van der Waals surface area contributed by atoms with Crippen LogP contribution in [0.15, 0.2) is 21.9 Å². The molecule has 0 unspecified atom stereocenters. The maximum atomic E-state index is 11.1. The van der Waals surface area contributed by atoms with Gasteiger partial charge < -0.3 is 4.57 Å². The molecule has 0 saturated carbocycles. The number of rotatable bonds is 1. The van der Waals surface area contributed by atoms with E-state index in [2.05, 4.69) is 0 Å². The van der Waals surface area contributed by atoms with Crippen LogP contribution in [0.1, 0.15) is 6.92 Å². The van der Waals surface area contributed by atoms with E-state index >= 15 is 0 Å². The average molecular weight is 154 g/mol. The normalized spacial score (nSPS) is 10.0. The third kappa shape index (κ3) is 1.24. The summed E-state index contributed by atoms with van der Waals surface area (Å²) in [6, 6.07) is 1.38. The highest BCUT2D eigenvalue weighted by atomic mass is 16.2.